The molecule has 0 aliphatic rings. The minimum absolute atomic E-state index is 0.844. The second kappa shape index (κ2) is 5.36. The molecule has 2 rings (SSSR count). The van der Waals surface area contributed by atoms with Crippen LogP contribution in [0.1, 0.15) is 18.2 Å². The molecular weight excluding hydrogens is 278 g/mol. The van der Waals surface area contributed by atoms with Gasteiger partial charge < -0.3 is 9.88 Å². The first-order valence-corrected chi connectivity index (χ1v) is 6.50. The summed E-state index contributed by atoms with van der Waals surface area (Å²) in [7, 11) is 0. The van der Waals surface area contributed by atoms with Crippen molar-refractivity contribution in [2.24, 2.45) is 0 Å². The largest absolute Gasteiger partial charge is 0.356 e. The van der Waals surface area contributed by atoms with E-state index in [1.54, 1.807) is 0 Å². The number of nitrogens with zero attached hydrogens (tertiary/aromatic N) is 2. The summed E-state index contributed by atoms with van der Waals surface area (Å²) in [5.41, 5.74) is 2.31. The van der Waals surface area contributed by atoms with Crippen LogP contribution in [0.25, 0.3) is 0 Å². The molecule has 3 nitrogen and oxygen atoms in total. The predicted molar refractivity (Wildman–Crippen MR) is 74.4 cm³/mol. The molecule has 0 bridgehead atoms. The highest BCUT2D eigenvalue weighted by molar-refractivity contribution is 9.10. The quantitative estimate of drug-likeness (QED) is 0.936. The molecule has 0 aliphatic carbocycles. The van der Waals surface area contributed by atoms with Crippen molar-refractivity contribution in [1.29, 1.82) is 0 Å². The summed E-state index contributed by atoms with van der Waals surface area (Å²) < 4.78 is 3.25. The van der Waals surface area contributed by atoms with Crippen molar-refractivity contribution < 1.29 is 0 Å². The Labute approximate surface area is 110 Å². The van der Waals surface area contributed by atoms with Gasteiger partial charge in [-0.3, -0.25) is 0 Å². The van der Waals surface area contributed by atoms with Crippen LogP contribution in [0.4, 0.5) is 5.95 Å². The van der Waals surface area contributed by atoms with Crippen molar-refractivity contribution in [1.82, 2.24) is 9.55 Å². The smallest absolute Gasteiger partial charge is 0.203 e. The van der Waals surface area contributed by atoms with Gasteiger partial charge in [-0.05, 0) is 31.5 Å². The average molecular weight is 294 g/mol. The van der Waals surface area contributed by atoms with Crippen LogP contribution in [0.2, 0.25) is 0 Å². The monoisotopic (exact) mass is 293 g/mol. The number of aromatic nitrogens is 2. The Kier molecular flexibility index (Phi) is 3.84. The average Bonchev–Trinajstić information content (AvgIpc) is 2.63. The maximum absolute atomic E-state index is 4.46. The third kappa shape index (κ3) is 3.09. The van der Waals surface area contributed by atoms with E-state index in [0.717, 1.165) is 29.2 Å². The van der Waals surface area contributed by atoms with E-state index in [0.29, 0.717) is 0 Å². The van der Waals surface area contributed by atoms with Crippen LogP contribution < -0.4 is 5.32 Å². The fourth-order valence-corrected chi connectivity index (χ4v) is 2.02. The number of hydrogen-bond donors (Lipinski definition) is 1. The first-order chi connectivity index (χ1) is 8.19. The van der Waals surface area contributed by atoms with Gasteiger partial charge in [0, 0.05) is 17.2 Å². The lowest BCUT2D eigenvalue weighted by molar-refractivity contribution is 0.799. The standard InChI is InChI=1S/C13H16BrN3/c1-3-15-13-16-10(2)8-17(13)9-11-4-6-12(14)7-5-11/h4-8H,3,9H2,1-2H3,(H,15,16). The highest BCUT2D eigenvalue weighted by atomic mass is 79.9. The van der Waals surface area contributed by atoms with Gasteiger partial charge in [0.2, 0.25) is 5.95 Å². The Bertz CT molecular complexity index is 488. The number of imidazole rings is 1. The van der Waals surface area contributed by atoms with E-state index in [4.69, 9.17) is 0 Å². The van der Waals surface area contributed by atoms with E-state index in [1.807, 2.05) is 6.92 Å². The van der Waals surface area contributed by atoms with Crippen molar-refractivity contribution >= 4 is 21.9 Å². The number of anilines is 1. The van der Waals surface area contributed by atoms with Crippen LogP contribution in [-0.4, -0.2) is 16.1 Å². The molecule has 0 unspecified atom stereocenters. The molecule has 1 heterocycles. The predicted octanol–water partition coefficient (Wildman–Crippen LogP) is 3.43. The van der Waals surface area contributed by atoms with Crippen LogP contribution >= 0.6 is 15.9 Å². The molecule has 0 fully saturated rings. The first kappa shape index (κ1) is 12.2. The van der Waals surface area contributed by atoms with E-state index >= 15 is 0 Å². The summed E-state index contributed by atoms with van der Waals surface area (Å²) in [6.45, 7) is 5.82. The Hall–Kier alpha value is -1.29. The normalized spacial score (nSPS) is 10.5. The molecule has 0 aliphatic heterocycles. The molecule has 0 saturated heterocycles. The van der Waals surface area contributed by atoms with Crippen molar-refractivity contribution in [3.63, 3.8) is 0 Å². The third-order valence-corrected chi connectivity index (χ3v) is 3.03. The number of halogens is 1. The fraction of sp³-hybridized carbons (Fsp3) is 0.308. The summed E-state index contributed by atoms with van der Waals surface area (Å²) in [6, 6.07) is 8.36. The molecule has 0 radical (unpaired) electrons. The Morgan fingerprint density at radius 3 is 2.65 bits per heavy atom. The number of rotatable bonds is 4. The molecule has 17 heavy (non-hydrogen) atoms. The van der Waals surface area contributed by atoms with Crippen LogP contribution in [0, 0.1) is 6.92 Å². The van der Waals surface area contributed by atoms with E-state index in [2.05, 4.69) is 68.2 Å². The van der Waals surface area contributed by atoms with Gasteiger partial charge in [-0.15, -0.1) is 0 Å². The van der Waals surface area contributed by atoms with Crippen molar-refractivity contribution in [2.75, 3.05) is 11.9 Å². The molecule has 0 spiro atoms. The minimum atomic E-state index is 0.844. The van der Waals surface area contributed by atoms with Gasteiger partial charge in [0.1, 0.15) is 0 Å². The summed E-state index contributed by atoms with van der Waals surface area (Å²) in [4.78, 5) is 4.46. The van der Waals surface area contributed by atoms with Crippen LogP contribution in [0.5, 0.6) is 0 Å². The number of hydrogen-bond acceptors (Lipinski definition) is 2. The topological polar surface area (TPSA) is 29.9 Å². The zero-order valence-electron chi connectivity index (χ0n) is 10.1. The second-order valence-corrected chi connectivity index (χ2v) is 4.91. The van der Waals surface area contributed by atoms with E-state index in [9.17, 15) is 0 Å². The molecule has 1 N–H and O–H groups in total. The molecule has 0 amide bonds. The van der Waals surface area contributed by atoms with Gasteiger partial charge in [-0.1, -0.05) is 28.1 Å². The second-order valence-electron chi connectivity index (χ2n) is 3.99. The lowest BCUT2D eigenvalue weighted by Gasteiger charge is -2.08. The number of benzene rings is 1. The Morgan fingerprint density at radius 1 is 1.29 bits per heavy atom. The van der Waals surface area contributed by atoms with Gasteiger partial charge in [0.25, 0.3) is 0 Å². The van der Waals surface area contributed by atoms with Crippen LogP contribution in [0.15, 0.2) is 34.9 Å². The van der Waals surface area contributed by atoms with Crippen LogP contribution in [-0.2, 0) is 6.54 Å². The minimum Gasteiger partial charge on any atom is -0.356 e. The zero-order valence-corrected chi connectivity index (χ0v) is 11.7. The summed E-state index contributed by atoms with van der Waals surface area (Å²) >= 11 is 3.44. The van der Waals surface area contributed by atoms with E-state index in [1.165, 1.54) is 5.56 Å². The lowest BCUT2D eigenvalue weighted by atomic mass is 10.2. The van der Waals surface area contributed by atoms with Gasteiger partial charge in [-0.2, -0.15) is 0 Å². The highest BCUT2D eigenvalue weighted by Gasteiger charge is 2.04. The third-order valence-electron chi connectivity index (χ3n) is 2.50. The molecule has 1 aromatic carbocycles. The van der Waals surface area contributed by atoms with Crippen LogP contribution in [0.3, 0.4) is 0 Å². The first-order valence-electron chi connectivity index (χ1n) is 5.71. The number of nitrogens with one attached hydrogen (secondary N) is 1. The molecule has 0 atom stereocenters. The van der Waals surface area contributed by atoms with Gasteiger partial charge in [0.15, 0.2) is 0 Å². The molecular formula is C13H16BrN3. The molecule has 0 saturated carbocycles. The summed E-state index contributed by atoms with van der Waals surface area (Å²) in [5, 5.41) is 3.27. The Morgan fingerprint density at radius 2 is 2.00 bits per heavy atom. The summed E-state index contributed by atoms with van der Waals surface area (Å²) in [6.07, 6.45) is 2.07. The van der Waals surface area contributed by atoms with E-state index in [-0.39, 0.29) is 0 Å². The fourth-order valence-electron chi connectivity index (χ4n) is 1.75. The Balaban J connectivity index is 2.20. The molecule has 4 heteroatoms. The van der Waals surface area contributed by atoms with Gasteiger partial charge in [0.05, 0.1) is 12.2 Å². The van der Waals surface area contributed by atoms with E-state index < -0.39 is 0 Å². The maximum atomic E-state index is 4.46. The van der Waals surface area contributed by atoms with Crippen molar-refractivity contribution in [3.8, 4) is 0 Å². The van der Waals surface area contributed by atoms with Crippen molar-refractivity contribution in [3.05, 3.63) is 46.2 Å². The van der Waals surface area contributed by atoms with Gasteiger partial charge in [-0.25, -0.2) is 4.98 Å². The molecule has 1 aromatic heterocycles. The lowest BCUT2D eigenvalue weighted by Crippen LogP contribution is -2.07. The number of aryl methyl sites for hydroxylation is 1. The highest BCUT2D eigenvalue weighted by Crippen LogP contribution is 2.14. The molecule has 2 aromatic rings. The SMILES string of the molecule is CCNc1nc(C)cn1Cc1ccc(Br)cc1. The maximum Gasteiger partial charge on any atom is 0.203 e. The summed E-state index contributed by atoms with van der Waals surface area (Å²) in [5.74, 6) is 0.938. The zero-order chi connectivity index (χ0) is 12.3. The molecule has 90 valence electrons. The van der Waals surface area contributed by atoms with Gasteiger partial charge >= 0.3 is 0 Å². The van der Waals surface area contributed by atoms with Crippen molar-refractivity contribution in [2.45, 2.75) is 20.4 Å².